The summed E-state index contributed by atoms with van der Waals surface area (Å²) in [6.07, 6.45) is 0.642. The van der Waals surface area contributed by atoms with Crippen LogP contribution in [-0.4, -0.2) is 43.6 Å². The third-order valence-electron chi connectivity index (χ3n) is 2.47. The monoisotopic (exact) mass is 251 g/mol. The molecule has 1 N–H and O–H groups in total. The Morgan fingerprint density at radius 1 is 1.56 bits per heavy atom. The normalized spacial score (nSPS) is 31.4. The van der Waals surface area contributed by atoms with Gasteiger partial charge in [-0.3, -0.25) is 4.79 Å². The highest BCUT2D eigenvalue weighted by atomic mass is 35.5. The molecular formula is C10H18ClNO4. The van der Waals surface area contributed by atoms with E-state index >= 15 is 0 Å². The number of rotatable bonds is 5. The first-order chi connectivity index (χ1) is 7.58. The Labute approximate surface area is 100 Å². The summed E-state index contributed by atoms with van der Waals surface area (Å²) >= 11 is 5.57. The van der Waals surface area contributed by atoms with E-state index in [9.17, 15) is 4.79 Å². The summed E-state index contributed by atoms with van der Waals surface area (Å²) < 4.78 is 15.7. The van der Waals surface area contributed by atoms with Crippen LogP contribution in [0.2, 0.25) is 0 Å². The maximum Gasteiger partial charge on any atom is 0.264 e. The highest BCUT2D eigenvalue weighted by molar-refractivity contribution is 6.29. The van der Waals surface area contributed by atoms with Gasteiger partial charge in [-0.15, -0.1) is 0 Å². The molecule has 0 saturated carbocycles. The zero-order valence-electron chi connectivity index (χ0n) is 9.73. The van der Waals surface area contributed by atoms with Crippen molar-refractivity contribution in [3.63, 3.8) is 0 Å². The Bertz CT molecular complexity index is 239. The number of nitrogens with one attached hydrogen (secondary N) is 1. The lowest BCUT2D eigenvalue weighted by Gasteiger charge is -2.13. The molecule has 1 saturated heterocycles. The first-order valence-corrected chi connectivity index (χ1v) is 5.77. The third-order valence-corrected chi connectivity index (χ3v) is 2.85. The van der Waals surface area contributed by atoms with Crippen molar-refractivity contribution in [1.29, 1.82) is 0 Å². The highest BCUT2D eigenvalue weighted by Crippen LogP contribution is 2.20. The largest absolute Gasteiger partial charge is 0.357 e. The van der Waals surface area contributed by atoms with E-state index in [2.05, 4.69) is 10.1 Å². The zero-order valence-corrected chi connectivity index (χ0v) is 10.5. The maximum absolute atomic E-state index is 11.3. The molecule has 0 bridgehead atoms. The molecule has 1 heterocycles. The average molecular weight is 252 g/mol. The van der Waals surface area contributed by atoms with Crippen molar-refractivity contribution in [2.24, 2.45) is 0 Å². The van der Waals surface area contributed by atoms with E-state index in [0.29, 0.717) is 0 Å². The number of halogens is 1. The molecule has 1 fully saturated rings. The molecule has 1 amide bonds. The van der Waals surface area contributed by atoms with Gasteiger partial charge in [-0.2, -0.15) is 0 Å². The fourth-order valence-corrected chi connectivity index (χ4v) is 1.64. The fourth-order valence-electron chi connectivity index (χ4n) is 1.56. The number of methoxy groups -OCH3 is 1. The molecule has 0 aromatic heterocycles. The van der Waals surface area contributed by atoms with E-state index < -0.39 is 11.9 Å². The molecule has 6 heteroatoms. The van der Waals surface area contributed by atoms with Gasteiger partial charge in [0.1, 0.15) is 0 Å². The lowest BCUT2D eigenvalue weighted by Crippen LogP contribution is -2.38. The number of amides is 1. The first kappa shape index (κ1) is 13.7. The fraction of sp³-hybridized carbons (Fsp3) is 0.900. The number of carbonyl (C=O) groups excluding carboxylic acids is 1. The molecule has 5 nitrogen and oxygen atoms in total. The summed E-state index contributed by atoms with van der Waals surface area (Å²) in [7, 11) is 1.37. The quantitative estimate of drug-likeness (QED) is 0.737. The second kappa shape index (κ2) is 6.39. The van der Waals surface area contributed by atoms with Gasteiger partial charge in [0.05, 0.1) is 18.8 Å². The molecule has 0 aliphatic carbocycles. The minimum Gasteiger partial charge on any atom is -0.357 e. The zero-order chi connectivity index (χ0) is 12.1. The summed E-state index contributed by atoms with van der Waals surface area (Å²) in [5.41, 5.74) is -0.971. The molecule has 1 aliphatic rings. The third kappa shape index (κ3) is 3.59. The smallest absolute Gasteiger partial charge is 0.264 e. The molecule has 0 radical (unpaired) electrons. The molecule has 16 heavy (non-hydrogen) atoms. The van der Waals surface area contributed by atoms with Crippen LogP contribution in [0.15, 0.2) is 0 Å². The van der Waals surface area contributed by atoms with E-state index in [1.807, 2.05) is 13.8 Å². The van der Waals surface area contributed by atoms with E-state index in [0.717, 1.165) is 6.42 Å². The van der Waals surface area contributed by atoms with Gasteiger partial charge in [0.15, 0.2) is 6.29 Å². The summed E-state index contributed by atoms with van der Waals surface area (Å²) in [4.78, 5) is 11.3. The van der Waals surface area contributed by atoms with Gasteiger partial charge in [-0.05, 0) is 13.3 Å². The number of ether oxygens (including phenoxy) is 3. The Morgan fingerprint density at radius 3 is 2.75 bits per heavy atom. The van der Waals surface area contributed by atoms with Crippen LogP contribution in [0.1, 0.15) is 20.3 Å². The first-order valence-electron chi connectivity index (χ1n) is 5.34. The number of carbonyl (C=O) groups is 1. The summed E-state index contributed by atoms with van der Waals surface area (Å²) in [5.74, 6) is -0.385. The molecule has 94 valence electrons. The van der Waals surface area contributed by atoms with Crippen LogP contribution < -0.4 is 5.32 Å². The maximum atomic E-state index is 11.3. The standard InChI is InChI=1S/C10H18ClNO4/c1-4-7-6(2)15-8(16-7)5-12-10(13)9(11)14-3/h6-9H,4-5H2,1-3H3,(H,12,13). The SMILES string of the molecule is CCC1OC(CNC(=O)C(Cl)OC)OC1C. The molecule has 0 spiro atoms. The van der Waals surface area contributed by atoms with Crippen molar-refractivity contribution in [3.8, 4) is 0 Å². The van der Waals surface area contributed by atoms with Crippen molar-refractivity contribution in [2.45, 2.75) is 44.3 Å². The molecule has 1 rings (SSSR count). The molecule has 0 aromatic carbocycles. The molecule has 4 unspecified atom stereocenters. The summed E-state index contributed by atoms with van der Waals surface area (Å²) in [6, 6.07) is 0. The van der Waals surface area contributed by atoms with Gasteiger partial charge in [0, 0.05) is 7.11 Å². The van der Waals surface area contributed by atoms with Gasteiger partial charge < -0.3 is 19.5 Å². The van der Waals surface area contributed by atoms with E-state index in [1.54, 1.807) is 0 Å². The second-order valence-corrected chi connectivity index (χ2v) is 4.05. The van der Waals surface area contributed by atoms with Crippen molar-refractivity contribution in [1.82, 2.24) is 5.32 Å². The van der Waals surface area contributed by atoms with Gasteiger partial charge in [0.2, 0.25) is 5.56 Å². The van der Waals surface area contributed by atoms with Gasteiger partial charge in [-0.1, -0.05) is 18.5 Å². The van der Waals surface area contributed by atoms with Crippen LogP contribution in [0.3, 0.4) is 0 Å². The molecule has 0 aromatic rings. The summed E-state index contributed by atoms with van der Waals surface area (Å²) in [6.45, 7) is 4.27. The van der Waals surface area contributed by atoms with Gasteiger partial charge in [0.25, 0.3) is 5.91 Å². The van der Waals surface area contributed by atoms with Crippen molar-refractivity contribution in [3.05, 3.63) is 0 Å². The Hall–Kier alpha value is -0.360. The minimum absolute atomic E-state index is 0.0566. The molecule has 1 aliphatic heterocycles. The van der Waals surface area contributed by atoms with E-state index in [-0.39, 0.29) is 24.7 Å². The van der Waals surface area contributed by atoms with Crippen LogP contribution in [0.25, 0.3) is 0 Å². The predicted molar refractivity (Wildman–Crippen MR) is 59.2 cm³/mol. The van der Waals surface area contributed by atoms with Crippen LogP contribution in [0.4, 0.5) is 0 Å². The van der Waals surface area contributed by atoms with Crippen molar-refractivity contribution < 1.29 is 19.0 Å². The summed E-state index contributed by atoms with van der Waals surface area (Å²) in [5, 5.41) is 2.59. The Morgan fingerprint density at radius 2 is 2.25 bits per heavy atom. The number of hydrogen-bond acceptors (Lipinski definition) is 4. The molecule has 4 atom stereocenters. The topological polar surface area (TPSA) is 56.8 Å². The van der Waals surface area contributed by atoms with E-state index in [1.165, 1.54) is 7.11 Å². The lowest BCUT2D eigenvalue weighted by atomic mass is 10.2. The van der Waals surface area contributed by atoms with Crippen LogP contribution in [0, 0.1) is 0 Å². The molecular weight excluding hydrogens is 234 g/mol. The average Bonchev–Trinajstić information content (AvgIpc) is 2.65. The van der Waals surface area contributed by atoms with Gasteiger partial charge in [-0.25, -0.2) is 0 Å². The Balaban J connectivity index is 2.27. The lowest BCUT2D eigenvalue weighted by molar-refractivity contribution is -0.129. The predicted octanol–water partition coefficient (Wildman–Crippen LogP) is 0.854. The van der Waals surface area contributed by atoms with E-state index in [4.69, 9.17) is 21.1 Å². The minimum atomic E-state index is -0.971. The number of hydrogen-bond donors (Lipinski definition) is 1. The second-order valence-electron chi connectivity index (χ2n) is 3.65. The van der Waals surface area contributed by atoms with Crippen molar-refractivity contribution >= 4 is 17.5 Å². The van der Waals surface area contributed by atoms with Crippen molar-refractivity contribution in [2.75, 3.05) is 13.7 Å². The van der Waals surface area contributed by atoms with Gasteiger partial charge >= 0.3 is 0 Å². The van der Waals surface area contributed by atoms with Crippen LogP contribution >= 0.6 is 11.6 Å². The number of alkyl halides is 1. The van der Waals surface area contributed by atoms with Crippen LogP contribution in [0.5, 0.6) is 0 Å². The van der Waals surface area contributed by atoms with Crippen LogP contribution in [-0.2, 0) is 19.0 Å². The Kier molecular flexibility index (Phi) is 5.48. The highest BCUT2D eigenvalue weighted by Gasteiger charge is 2.31.